The van der Waals surface area contributed by atoms with Crippen molar-refractivity contribution in [3.05, 3.63) is 23.3 Å². The Bertz CT molecular complexity index is 501. The minimum atomic E-state index is 0.336. The fourth-order valence-corrected chi connectivity index (χ4v) is 2.02. The van der Waals surface area contributed by atoms with Crippen LogP contribution in [0.3, 0.4) is 0 Å². The van der Waals surface area contributed by atoms with Gasteiger partial charge >= 0.3 is 0 Å². The van der Waals surface area contributed by atoms with Gasteiger partial charge < -0.3 is 9.47 Å². The number of nitriles is 1. The summed E-state index contributed by atoms with van der Waals surface area (Å²) in [4.78, 5) is 4.39. The number of nitrogens with zero attached hydrogens (tertiary/aromatic N) is 2. The van der Waals surface area contributed by atoms with Crippen molar-refractivity contribution in [2.24, 2.45) is 4.99 Å². The molecule has 88 valence electrons. The second-order valence-corrected chi connectivity index (χ2v) is 3.78. The third-order valence-electron chi connectivity index (χ3n) is 2.85. The van der Waals surface area contributed by atoms with Crippen LogP contribution >= 0.6 is 0 Å². The molecule has 4 nitrogen and oxygen atoms in total. The van der Waals surface area contributed by atoms with E-state index in [9.17, 15) is 0 Å². The van der Waals surface area contributed by atoms with Crippen molar-refractivity contribution in [1.29, 1.82) is 5.26 Å². The maximum atomic E-state index is 8.78. The highest BCUT2D eigenvalue weighted by Crippen LogP contribution is 2.32. The third kappa shape index (κ3) is 2.09. The lowest BCUT2D eigenvalue weighted by Gasteiger charge is -2.18. The molecule has 2 rings (SSSR count). The van der Waals surface area contributed by atoms with Crippen LogP contribution in [0.4, 0.5) is 0 Å². The van der Waals surface area contributed by atoms with Crippen molar-refractivity contribution in [2.45, 2.75) is 12.8 Å². The highest BCUT2D eigenvalue weighted by atomic mass is 16.5. The number of fused-ring (bicyclic) bond motifs is 1. The predicted molar refractivity (Wildman–Crippen MR) is 64.9 cm³/mol. The lowest BCUT2D eigenvalue weighted by Crippen LogP contribution is -2.13. The van der Waals surface area contributed by atoms with Gasteiger partial charge in [0.15, 0.2) is 11.5 Å². The molecule has 4 heteroatoms. The van der Waals surface area contributed by atoms with Crippen molar-refractivity contribution in [2.75, 3.05) is 20.8 Å². The largest absolute Gasteiger partial charge is 0.493 e. The molecule has 1 aliphatic heterocycles. The fraction of sp³-hybridized carbons (Fsp3) is 0.385. The fourth-order valence-electron chi connectivity index (χ4n) is 2.02. The molecule has 0 saturated carbocycles. The van der Waals surface area contributed by atoms with Crippen LogP contribution in [0.2, 0.25) is 0 Å². The van der Waals surface area contributed by atoms with E-state index in [0.29, 0.717) is 12.2 Å². The highest BCUT2D eigenvalue weighted by molar-refractivity contribution is 6.04. The summed E-state index contributed by atoms with van der Waals surface area (Å²) in [6.07, 6.45) is 1.22. The van der Waals surface area contributed by atoms with Crippen LogP contribution < -0.4 is 9.47 Å². The van der Waals surface area contributed by atoms with Crippen molar-refractivity contribution in [3.8, 4) is 17.6 Å². The Kier molecular flexibility index (Phi) is 3.29. The number of rotatable bonds is 3. The third-order valence-corrected chi connectivity index (χ3v) is 2.85. The summed E-state index contributed by atoms with van der Waals surface area (Å²) in [5.41, 5.74) is 3.02. The maximum absolute atomic E-state index is 8.78. The topological polar surface area (TPSA) is 54.6 Å². The van der Waals surface area contributed by atoms with Crippen LogP contribution in [-0.2, 0) is 6.42 Å². The van der Waals surface area contributed by atoms with Crippen LogP contribution in [0.5, 0.6) is 11.5 Å². The Morgan fingerprint density at radius 2 is 2.00 bits per heavy atom. The normalized spacial score (nSPS) is 13.4. The number of benzene rings is 1. The van der Waals surface area contributed by atoms with E-state index >= 15 is 0 Å². The lowest BCUT2D eigenvalue weighted by molar-refractivity contribution is 0.354. The van der Waals surface area contributed by atoms with Gasteiger partial charge in [-0.25, -0.2) is 0 Å². The smallest absolute Gasteiger partial charge is 0.161 e. The molecule has 0 aromatic heterocycles. The second-order valence-electron chi connectivity index (χ2n) is 3.78. The van der Waals surface area contributed by atoms with Crippen LogP contribution in [0, 0.1) is 11.3 Å². The summed E-state index contributed by atoms with van der Waals surface area (Å²) in [5, 5.41) is 8.78. The Balaban J connectivity index is 2.50. The molecule has 0 unspecified atom stereocenters. The molecule has 0 atom stereocenters. The quantitative estimate of drug-likeness (QED) is 0.797. The number of ether oxygens (including phenoxy) is 2. The molecule has 0 aliphatic carbocycles. The molecule has 0 radical (unpaired) electrons. The molecule has 0 bridgehead atoms. The lowest BCUT2D eigenvalue weighted by atomic mass is 9.95. The Hall–Kier alpha value is -2.02. The molecule has 0 fully saturated rings. The molecule has 0 spiro atoms. The molecule has 1 aromatic carbocycles. The average Bonchev–Trinajstić information content (AvgIpc) is 2.38. The zero-order valence-electron chi connectivity index (χ0n) is 9.99. The van der Waals surface area contributed by atoms with Crippen molar-refractivity contribution < 1.29 is 9.47 Å². The van der Waals surface area contributed by atoms with Gasteiger partial charge in [0.2, 0.25) is 0 Å². The standard InChI is InChI=1S/C13H14N2O2/c1-16-12-7-9-4-6-15-11(3-5-14)10(9)8-13(12)17-2/h7-8H,3-4,6H2,1-2H3. The van der Waals surface area contributed by atoms with E-state index in [1.807, 2.05) is 12.1 Å². The summed E-state index contributed by atoms with van der Waals surface area (Å²) in [7, 11) is 3.23. The monoisotopic (exact) mass is 230 g/mol. The SMILES string of the molecule is COc1cc2c(cc1OC)C(CC#N)=NCC2. The van der Waals surface area contributed by atoms with Gasteiger partial charge in [-0.15, -0.1) is 0 Å². The van der Waals surface area contributed by atoms with Crippen molar-refractivity contribution in [3.63, 3.8) is 0 Å². The highest BCUT2D eigenvalue weighted by Gasteiger charge is 2.17. The minimum Gasteiger partial charge on any atom is -0.493 e. The van der Waals surface area contributed by atoms with Gasteiger partial charge in [-0.2, -0.15) is 5.26 Å². The number of hydrogen-bond donors (Lipinski definition) is 0. The number of aliphatic imine (C=N–C) groups is 1. The maximum Gasteiger partial charge on any atom is 0.161 e. The molecule has 0 saturated heterocycles. The molecular formula is C13H14N2O2. The number of hydrogen-bond acceptors (Lipinski definition) is 4. The summed E-state index contributed by atoms with van der Waals surface area (Å²) in [6.45, 7) is 0.736. The van der Waals surface area contributed by atoms with E-state index in [1.165, 1.54) is 5.56 Å². The average molecular weight is 230 g/mol. The number of methoxy groups -OCH3 is 2. The zero-order valence-corrected chi connectivity index (χ0v) is 9.99. The Morgan fingerprint density at radius 3 is 2.65 bits per heavy atom. The van der Waals surface area contributed by atoms with E-state index in [2.05, 4.69) is 11.1 Å². The Morgan fingerprint density at radius 1 is 1.29 bits per heavy atom. The summed E-state index contributed by atoms with van der Waals surface area (Å²) in [6, 6.07) is 6.02. The van der Waals surface area contributed by atoms with Crippen LogP contribution in [0.25, 0.3) is 0 Å². The summed E-state index contributed by atoms with van der Waals surface area (Å²) in [5.74, 6) is 1.41. The van der Waals surface area contributed by atoms with Gasteiger partial charge in [0, 0.05) is 12.1 Å². The molecule has 17 heavy (non-hydrogen) atoms. The Labute approximate surface area is 100 Å². The van der Waals surface area contributed by atoms with E-state index in [0.717, 1.165) is 30.0 Å². The van der Waals surface area contributed by atoms with E-state index in [-0.39, 0.29) is 0 Å². The van der Waals surface area contributed by atoms with E-state index < -0.39 is 0 Å². The van der Waals surface area contributed by atoms with Crippen LogP contribution in [0.15, 0.2) is 17.1 Å². The molecule has 0 amide bonds. The first kappa shape index (κ1) is 11.5. The summed E-state index contributed by atoms with van der Waals surface area (Å²) < 4.78 is 10.5. The summed E-state index contributed by atoms with van der Waals surface area (Å²) >= 11 is 0. The molecule has 1 aliphatic rings. The van der Waals surface area contributed by atoms with Crippen molar-refractivity contribution in [1.82, 2.24) is 0 Å². The van der Waals surface area contributed by atoms with E-state index in [4.69, 9.17) is 14.7 Å². The van der Waals surface area contributed by atoms with Gasteiger partial charge in [0.25, 0.3) is 0 Å². The molecule has 1 heterocycles. The van der Waals surface area contributed by atoms with E-state index in [1.54, 1.807) is 14.2 Å². The zero-order chi connectivity index (χ0) is 12.3. The van der Waals surface area contributed by atoms with Gasteiger partial charge in [-0.05, 0) is 24.1 Å². The first-order valence-electron chi connectivity index (χ1n) is 5.45. The van der Waals surface area contributed by atoms with Crippen molar-refractivity contribution >= 4 is 5.71 Å². The van der Waals surface area contributed by atoms with Crippen LogP contribution in [0.1, 0.15) is 17.5 Å². The molecule has 1 aromatic rings. The van der Waals surface area contributed by atoms with Gasteiger partial charge in [0.05, 0.1) is 32.4 Å². The first-order valence-corrected chi connectivity index (χ1v) is 5.45. The van der Waals surface area contributed by atoms with Crippen LogP contribution in [-0.4, -0.2) is 26.5 Å². The molecule has 0 N–H and O–H groups in total. The second kappa shape index (κ2) is 4.88. The minimum absolute atomic E-state index is 0.336. The van der Waals surface area contributed by atoms with Gasteiger partial charge in [-0.1, -0.05) is 0 Å². The van der Waals surface area contributed by atoms with Gasteiger partial charge in [-0.3, -0.25) is 4.99 Å². The molecular weight excluding hydrogens is 216 g/mol. The first-order chi connectivity index (χ1) is 8.30. The predicted octanol–water partition coefficient (Wildman–Crippen LogP) is 1.96. The van der Waals surface area contributed by atoms with Gasteiger partial charge in [0.1, 0.15) is 0 Å².